The topological polar surface area (TPSA) is 35.5 Å². The van der Waals surface area contributed by atoms with E-state index in [-0.39, 0.29) is 18.4 Å². The summed E-state index contributed by atoms with van der Waals surface area (Å²) in [6.45, 7) is 2.08. The van der Waals surface area contributed by atoms with Crippen molar-refractivity contribution >= 4 is 21.9 Å². The van der Waals surface area contributed by atoms with Gasteiger partial charge in [0.1, 0.15) is 18.2 Å². The van der Waals surface area contributed by atoms with E-state index in [0.29, 0.717) is 22.2 Å². The van der Waals surface area contributed by atoms with Crippen molar-refractivity contribution in [3.05, 3.63) is 40.1 Å². The minimum Gasteiger partial charge on any atom is -0.488 e. The summed E-state index contributed by atoms with van der Waals surface area (Å²) >= 11 is 3.20. The molecule has 3 nitrogen and oxygen atoms in total. The van der Waals surface area contributed by atoms with E-state index in [1.54, 1.807) is 6.08 Å². The van der Waals surface area contributed by atoms with Crippen molar-refractivity contribution < 1.29 is 18.7 Å². The normalized spacial score (nSPS) is 11.2. The molecule has 1 aromatic rings. The largest absolute Gasteiger partial charge is 0.488 e. The number of carbonyl (C=O) groups excluding carboxylic acids is 1. The SMILES string of the molecule is CCC(=CCOc1ccc(F)cc1Br)C(=O)OC. The Bertz CT molecular complexity index is 458. The molecule has 0 saturated carbocycles. The van der Waals surface area contributed by atoms with Crippen LogP contribution in [0, 0.1) is 5.82 Å². The van der Waals surface area contributed by atoms with Gasteiger partial charge in [0.15, 0.2) is 0 Å². The Hall–Kier alpha value is -1.36. The van der Waals surface area contributed by atoms with Gasteiger partial charge in [-0.05, 0) is 46.6 Å². The Labute approximate surface area is 114 Å². The number of rotatable bonds is 5. The Balaban J connectivity index is 2.65. The van der Waals surface area contributed by atoms with Crippen LogP contribution in [-0.2, 0) is 9.53 Å². The number of esters is 1. The number of hydrogen-bond donors (Lipinski definition) is 0. The maximum Gasteiger partial charge on any atom is 0.333 e. The van der Waals surface area contributed by atoms with E-state index in [1.807, 2.05) is 6.92 Å². The molecular formula is C13H14BrFO3. The molecule has 0 radical (unpaired) electrons. The molecule has 0 aliphatic carbocycles. The van der Waals surface area contributed by atoms with E-state index in [0.717, 1.165) is 0 Å². The van der Waals surface area contributed by atoms with Gasteiger partial charge in [-0.2, -0.15) is 0 Å². The van der Waals surface area contributed by atoms with Gasteiger partial charge in [-0.3, -0.25) is 0 Å². The maximum atomic E-state index is 12.8. The van der Waals surface area contributed by atoms with E-state index in [9.17, 15) is 9.18 Å². The predicted molar refractivity (Wildman–Crippen MR) is 70.0 cm³/mol. The second-order valence-electron chi connectivity index (χ2n) is 3.46. The number of ether oxygens (including phenoxy) is 2. The molecule has 0 N–H and O–H groups in total. The average Bonchev–Trinajstić information content (AvgIpc) is 2.36. The van der Waals surface area contributed by atoms with Crippen molar-refractivity contribution in [2.45, 2.75) is 13.3 Å². The van der Waals surface area contributed by atoms with Crippen LogP contribution in [0.2, 0.25) is 0 Å². The number of benzene rings is 1. The van der Waals surface area contributed by atoms with E-state index in [2.05, 4.69) is 20.7 Å². The van der Waals surface area contributed by atoms with Crippen LogP contribution in [0.4, 0.5) is 4.39 Å². The standard InChI is InChI=1S/C13H14BrFO3/c1-3-9(13(16)17-2)6-7-18-12-5-4-10(15)8-11(12)14/h4-6,8H,3,7H2,1-2H3. The zero-order valence-corrected chi connectivity index (χ0v) is 11.8. The van der Waals surface area contributed by atoms with Crippen molar-refractivity contribution in [1.29, 1.82) is 0 Å². The van der Waals surface area contributed by atoms with Gasteiger partial charge in [0.25, 0.3) is 0 Å². The smallest absolute Gasteiger partial charge is 0.333 e. The van der Waals surface area contributed by atoms with Crippen LogP contribution in [-0.4, -0.2) is 19.7 Å². The molecule has 0 aliphatic rings. The molecule has 0 aromatic heterocycles. The number of halogens is 2. The first-order chi connectivity index (χ1) is 8.58. The fourth-order valence-electron chi connectivity index (χ4n) is 1.33. The van der Waals surface area contributed by atoms with Crippen LogP contribution < -0.4 is 4.74 Å². The van der Waals surface area contributed by atoms with Crippen LogP contribution in [0.25, 0.3) is 0 Å². The van der Waals surface area contributed by atoms with Crippen molar-refractivity contribution in [3.63, 3.8) is 0 Å². The van der Waals surface area contributed by atoms with Gasteiger partial charge < -0.3 is 9.47 Å². The Morgan fingerprint density at radius 1 is 1.50 bits per heavy atom. The quantitative estimate of drug-likeness (QED) is 0.616. The van der Waals surface area contributed by atoms with Gasteiger partial charge in [0.05, 0.1) is 11.6 Å². The summed E-state index contributed by atoms with van der Waals surface area (Å²) in [6.07, 6.45) is 2.22. The minimum atomic E-state index is -0.362. The van der Waals surface area contributed by atoms with Crippen LogP contribution in [0.5, 0.6) is 5.75 Å². The van der Waals surface area contributed by atoms with Crippen molar-refractivity contribution in [2.75, 3.05) is 13.7 Å². The summed E-state index contributed by atoms with van der Waals surface area (Å²) in [7, 11) is 1.34. The first-order valence-electron chi connectivity index (χ1n) is 5.43. The minimum absolute atomic E-state index is 0.225. The molecule has 0 unspecified atom stereocenters. The third kappa shape index (κ3) is 4.14. The number of hydrogen-bond acceptors (Lipinski definition) is 3. The second-order valence-corrected chi connectivity index (χ2v) is 4.31. The van der Waals surface area contributed by atoms with Crippen LogP contribution in [0.15, 0.2) is 34.3 Å². The first kappa shape index (κ1) is 14.7. The fourth-order valence-corrected chi connectivity index (χ4v) is 1.79. The lowest BCUT2D eigenvalue weighted by Crippen LogP contribution is -2.06. The summed E-state index contributed by atoms with van der Waals surface area (Å²) in [6, 6.07) is 4.15. The summed E-state index contributed by atoms with van der Waals surface area (Å²) in [5.41, 5.74) is 0.552. The van der Waals surface area contributed by atoms with E-state index in [1.165, 1.54) is 25.3 Å². The molecule has 0 bridgehead atoms. The molecule has 0 saturated heterocycles. The average molecular weight is 317 g/mol. The van der Waals surface area contributed by atoms with Gasteiger partial charge in [-0.25, -0.2) is 9.18 Å². The van der Waals surface area contributed by atoms with Crippen molar-refractivity contribution in [3.8, 4) is 5.75 Å². The highest BCUT2D eigenvalue weighted by atomic mass is 79.9. The monoisotopic (exact) mass is 316 g/mol. The van der Waals surface area contributed by atoms with Gasteiger partial charge in [0, 0.05) is 5.57 Å². The van der Waals surface area contributed by atoms with Gasteiger partial charge in [-0.1, -0.05) is 6.92 Å². The molecular weight excluding hydrogens is 303 g/mol. The summed E-state index contributed by atoms with van der Waals surface area (Å²) in [5.74, 6) is -0.180. The second kappa shape index (κ2) is 7.16. The molecule has 5 heteroatoms. The van der Waals surface area contributed by atoms with Crippen LogP contribution in [0.1, 0.15) is 13.3 Å². The fraction of sp³-hybridized carbons (Fsp3) is 0.308. The van der Waals surface area contributed by atoms with Crippen LogP contribution >= 0.6 is 15.9 Å². The van der Waals surface area contributed by atoms with Crippen LogP contribution in [0.3, 0.4) is 0 Å². The third-order valence-corrected chi connectivity index (χ3v) is 2.91. The first-order valence-corrected chi connectivity index (χ1v) is 6.23. The summed E-state index contributed by atoms with van der Waals surface area (Å²) < 4.78 is 23.4. The molecule has 1 rings (SSSR count). The van der Waals surface area contributed by atoms with E-state index >= 15 is 0 Å². The summed E-state index contributed by atoms with van der Waals surface area (Å²) in [4.78, 5) is 11.3. The molecule has 1 aromatic carbocycles. The molecule has 0 amide bonds. The zero-order valence-electron chi connectivity index (χ0n) is 10.2. The third-order valence-electron chi connectivity index (χ3n) is 2.29. The zero-order chi connectivity index (χ0) is 13.5. The Kier molecular flexibility index (Phi) is 5.85. The van der Waals surface area contributed by atoms with Gasteiger partial charge in [-0.15, -0.1) is 0 Å². The lowest BCUT2D eigenvalue weighted by atomic mass is 10.2. The highest BCUT2D eigenvalue weighted by Gasteiger charge is 2.07. The molecule has 0 fully saturated rings. The van der Waals surface area contributed by atoms with Crippen molar-refractivity contribution in [1.82, 2.24) is 0 Å². The lowest BCUT2D eigenvalue weighted by molar-refractivity contribution is -0.136. The molecule has 0 spiro atoms. The summed E-state index contributed by atoms with van der Waals surface area (Å²) in [5, 5.41) is 0. The van der Waals surface area contributed by atoms with Gasteiger partial charge >= 0.3 is 5.97 Å². The molecule has 0 atom stereocenters. The molecule has 18 heavy (non-hydrogen) atoms. The molecule has 98 valence electrons. The highest BCUT2D eigenvalue weighted by Crippen LogP contribution is 2.25. The Morgan fingerprint density at radius 3 is 2.78 bits per heavy atom. The maximum absolute atomic E-state index is 12.8. The number of methoxy groups -OCH3 is 1. The predicted octanol–water partition coefficient (Wildman–Crippen LogP) is 3.48. The van der Waals surface area contributed by atoms with E-state index < -0.39 is 0 Å². The molecule has 0 aliphatic heterocycles. The van der Waals surface area contributed by atoms with Gasteiger partial charge in [0.2, 0.25) is 0 Å². The lowest BCUT2D eigenvalue weighted by Gasteiger charge is -2.07. The van der Waals surface area contributed by atoms with Crippen molar-refractivity contribution in [2.24, 2.45) is 0 Å². The molecule has 0 heterocycles. The van der Waals surface area contributed by atoms with E-state index in [4.69, 9.17) is 4.74 Å². The number of carbonyl (C=O) groups is 1. The highest BCUT2D eigenvalue weighted by molar-refractivity contribution is 9.10. The Morgan fingerprint density at radius 2 is 2.22 bits per heavy atom.